The molecule has 2 atom stereocenters. The zero-order valence-electron chi connectivity index (χ0n) is 17.0. The lowest BCUT2D eigenvalue weighted by Gasteiger charge is -2.45. The van der Waals surface area contributed by atoms with Gasteiger partial charge in [-0.15, -0.1) is 0 Å². The highest BCUT2D eigenvalue weighted by Crippen LogP contribution is 2.36. The summed E-state index contributed by atoms with van der Waals surface area (Å²) in [4.78, 5) is 27.6. The molecule has 0 unspecified atom stereocenters. The van der Waals surface area contributed by atoms with Crippen LogP contribution in [0.2, 0.25) is 0 Å². The molecule has 8 nitrogen and oxygen atoms in total. The number of nitrogens with zero attached hydrogens (tertiary/aromatic N) is 2. The van der Waals surface area contributed by atoms with Crippen LogP contribution in [0.3, 0.4) is 0 Å². The minimum Gasteiger partial charge on any atom is -0.496 e. The minimum absolute atomic E-state index is 0.0602. The fourth-order valence-corrected chi connectivity index (χ4v) is 4.05. The number of carbonyl (C=O) groups excluding carboxylic acids is 2. The normalized spacial score (nSPS) is 24.3. The lowest BCUT2D eigenvalue weighted by Crippen LogP contribution is -2.65. The SMILES string of the molecule is COc1cc(COC2CN(C(=O)N3CC[C@@H]4OCC(=O)N[C@@H]4C3)C2)ccc1C(F)(F)F. The van der Waals surface area contributed by atoms with Gasteiger partial charge in [0.15, 0.2) is 0 Å². The Labute approximate surface area is 177 Å². The Kier molecular flexibility index (Phi) is 5.98. The molecule has 0 aliphatic carbocycles. The summed E-state index contributed by atoms with van der Waals surface area (Å²) in [6.45, 7) is 1.96. The summed E-state index contributed by atoms with van der Waals surface area (Å²) in [5.41, 5.74) is -0.271. The van der Waals surface area contributed by atoms with Crippen LogP contribution in [-0.2, 0) is 27.1 Å². The van der Waals surface area contributed by atoms with Crippen molar-refractivity contribution in [3.8, 4) is 5.75 Å². The van der Waals surface area contributed by atoms with E-state index in [2.05, 4.69) is 5.32 Å². The highest BCUT2D eigenvalue weighted by atomic mass is 19.4. The fraction of sp³-hybridized carbons (Fsp3) is 0.600. The Morgan fingerprint density at radius 1 is 1.26 bits per heavy atom. The quantitative estimate of drug-likeness (QED) is 0.765. The van der Waals surface area contributed by atoms with Crippen molar-refractivity contribution in [2.45, 2.75) is 37.5 Å². The van der Waals surface area contributed by atoms with E-state index in [0.29, 0.717) is 38.2 Å². The number of hydrogen-bond donors (Lipinski definition) is 1. The van der Waals surface area contributed by atoms with Crippen LogP contribution in [0.25, 0.3) is 0 Å². The maximum Gasteiger partial charge on any atom is 0.419 e. The number of halogens is 3. The number of alkyl halides is 3. The standard InChI is InChI=1S/C20H24F3N3O5/c1-29-17-6-12(2-3-14(17)20(21,22)23)10-30-13-7-26(8-13)19(28)25-5-4-16-15(9-25)24-18(27)11-31-16/h2-3,6,13,15-16H,4-5,7-11H2,1H3,(H,24,27)/t15-,16+/m1/s1. The molecule has 3 amide bonds. The van der Waals surface area contributed by atoms with Crippen LogP contribution in [0, 0.1) is 0 Å². The largest absolute Gasteiger partial charge is 0.496 e. The van der Waals surface area contributed by atoms with E-state index < -0.39 is 11.7 Å². The molecule has 1 N–H and O–H groups in total. The van der Waals surface area contributed by atoms with Gasteiger partial charge in [0, 0.05) is 13.1 Å². The number of likely N-dealkylation sites (tertiary alicyclic amines) is 2. The first-order valence-corrected chi connectivity index (χ1v) is 10.0. The average molecular weight is 443 g/mol. The first kappa shape index (κ1) is 21.7. The van der Waals surface area contributed by atoms with Gasteiger partial charge in [-0.25, -0.2) is 4.79 Å². The Balaban J connectivity index is 1.24. The third-order valence-electron chi connectivity index (χ3n) is 5.77. The molecule has 3 aliphatic rings. The maximum atomic E-state index is 12.9. The zero-order chi connectivity index (χ0) is 22.2. The smallest absolute Gasteiger partial charge is 0.419 e. The van der Waals surface area contributed by atoms with Gasteiger partial charge in [-0.05, 0) is 24.1 Å². The molecule has 0 aromatic heterocycles. The number of fused-ring (bicyclic) bond motifs is 1. The summed E-state index contributed by atoms with van der Waals surface area (Å²) >= 11 is 0. The second-order valence-corrected chi connectivity index (χ2v) is 7.91. The molecule has 0 radical (unpaired) electrons. The van der Waals surface area contributed by atoms with Crippen LogP contribution in [0.15, 0.2) is 18.2 Å². The second kappa shape index (κ2) is 8.54. The molecular formula is C20H24F3N3O5. The molecule has 3 fully saturated rings. The van der Waals surface area contributed by atoms with E-state index >= 15 is 0 Å². The number of nitrogens with one attached hydrogen (secondary N) is 1. The van der Waals surface area contributed by atoms with E-state index in [0.717, 1.165) is 6.07 Å². The van der Waals surface area contributed by atoms with Crippen LogP contribution in [0.4, 0.5) is 18.0 Å². The van der Waals surface area contributed by atoms with Gasteiger partial charge in [-0.1, -0.05) is 6.07 Å². The van der Waals surface area contributed by atoms with Crippen molar-refractivity contribution in [1.82, 2.24) is 15.1 Å². The number of ether oxygens (including phenoxy) is 3. The van der Waals surface area contributed by atoms with Crippen LogP contribution in [-0.4, -0.2) is 79.9 Å². The lowest BCUT2D eigenvalue weighted by molar-refractivity contribution is -0.140. The summed E-state index contributed by atoms with van der Waals surface area (Å²) < 4.78 is 54.9. The zero-order valence-corrected chi connectivity index (χ0v) is 17.0. The molecule has 1 aromatic rings. The third-order valence-corrected chi connectivity index (χ3v) is 5.77. The van der Waals surface area contributed by atoms with E-state index in [1.165, 1.54) is 19.2 Å². The summed E-state index contributed by atoms with van der Waals surface area (Å²) in [5.74, 6) is -0.422. The Hall–Kier alpha value is -2.53. The number of carbonyl (C=O) groups is 2. The van der Waals surface area contributed by atoms with Crippen molar-refractivity contribution in [3.63, 3.8) is 0 Å². The number of piperidine rings is 1. The Morgan fingerprint density at radius 2 is 2.03 bits per heavy atom. The number of methoxy groups -OCH3 is 1. The second-order valence-electron chi connectivity index (χ2n) is 7.91. The monoisotopic (exact) mass is 443 g/mol. The molecule has 1 aromatic carbocycles. The Morgan fingerprint density at radius 3 is 2.74 bits per heavy atom. The van der Waals surface area contributed by atoms with Gasteiger partial charge in [0.1, 0.15) is 12.4 Å². The van der Waals surface area contributed by atoms with E-state index in [9.17, 15) is 22.8 Å². The van der Waals surface area contributed by atoms with Gasteiger partial charge in [0.2, 0.25) is 5.91 Å². The predicted octanol–water partition coefficient (Wildman–Crippen LogP) is 1.62. The first-order valence-electron chi connectivity index (χ1n) is 10.0. The number of urea groups is 1. The number of hydrogen-bond acceptors (Lipinski definition) is 5. The van der Waals surface area contributed by atoms with Crippen molar-refractivity contribution in [2.24, 2.45) is 0 Å². The molecule has 170 valence electrons. The van der Waals surface area contributed by atoms with Crippen LogP contribution in [0.5, 0.6) is 5.75 Å². The van der Waals surface area contributed by atoms with Gasteiger partial charge >= 0.3 is 12.2 Å². The minimum atomic E-state index is -4.49. The van der Waals surface area contributed by atoms with Crippen molar-refractivity contribution in [1.29, 1.82) is 0 Å². The third kappa shape index (κ3) is 4.72. The summed E-state index contributed by atoms with van der Waals surface area (Å²) in [6.07, 6.45) is -4.07. The number of morpholine rings is 1. The topological polar surface area (TPSA) is 80.3 Å². The summed E-state index contributed by atoms with van der Waals surface area (Å²) in [6, 6.07) is 3.34. The number of benzene rings is 1. The highest BCUT2D eigenvalue weighted by molar-refractivity contribution is 5.79. The average Bonchev–Trinajstić information content (AvgIpc) is 2.70. The van der Waals surface area contributed by atoms with Gasteiger partial charge in [0.25, 0.3) is 0 Å². The lowest BCUT2D eigenvalue weighted by atomic mass is 10.0. The van der Waals surface area contributed by atoms with Gasteiger partial charge in [-0.2, -0.15) is 13.2 Å². The molecule has 4 rings (SSSR count). The molecule has 0 saturated carbocycles. The summed E-state index contributed by atoms with van der Waals surface area (Å²) in [7, 11) is 1.19. The molecule has 3 saturated heterocycles. The van der Waals surface area contributed by atoms with Gasteiger partial charge < -0.3 is 29.3 Å². The highest BCUT2D eigenvalue weighted by Gasteiger charge is 2.40. The van der Waals surface area contributed by atoms with Crippen molar-refractivity contribution < 1.29 is 37.0 Å². The molecule has 0 bridgehead atoms. The molecule has 31 heavy (non-hydrogen) atoms. The van der Waals surface area contributed by atoms with Gasteiger partial charge in [-0.3, -0.25) is 4.79 Å². The van der Waals surface area contributed by atoms with Gasteiger partial charge in [0.05, 0.1) is 50.6 Å². The van der Waals surface area contributed by atoms with E-state index in [1.807, 2.05) is 0 Å². The van der Waals surface area contributed by atoms with Crippen LogP contribution in [0.1, 0.15) is 17.5 Å². The molecule has 11 heteroatoms. The first-order chi connectivity index (χ1) is 14.7. The molecule has 3 aliphatic heterocycles. The van der Waals surface area contributed by atoms with Crippen molar-refractivity contribution >= 4 is 11.9 Å². The molecule has 3 heterocycles. The summed E-state index contributed by atoms with van der Waals surface area (Å²) in [5, 5.41) is 2.87. The van der Waals surface area contributed by atoms with Crippen LogP contribution < -0.4 is 10.1 Å². The number of amides is 3. The Bertz CT molecular complexity index is 844. The van der Waals surface area contributed by atoms with Crippen molar-refractivity contribution in [3.05, 3.63) is 29.3 Å². The van der Waals surface area contributed by atoms with E-state index in [1.54, 1.807) is 9.80 Å². The fourth-order valence-electron chi connectivity index (χ4n) is 4.05. The van der Waals surface area contributed by atoms with Crippen molar-refractivity contribution in [2.75, 3.05) is 39.9 Å². The van der Waals surface area contributed by atoms with E-state index in [-0.39, 0.29) is 49.2 Å². The van der Waals surface area contributed by atoms with Crippen LogP contribution >= 0.6 is 0 Å². The maximum absolute atomic E-state index is 12.9. The molecular weight excluding hydrogens is 419 g/mol. The molecule has 0 spiro atoms. The number of rotatable bonds is 4. The van der Waals surface area contributed by atoms with E-state index in [4.69, 9.17) is 14.2 Å². The predicted molar refractivity (Wildman–Crippen MR) is 101 cm³/mol.